The largest absolute Gasteiger partial charge is 1.00 e. The molecule has 2 fully saturated rings. The van der Waals surface area contributed by atoms with Gasteiger partial charge < -0.3 is 6.42 Å². The molecule has 0 aromatic carbocycles. The summed E-state index contributed by atoms with van der Waals surface area (Å²) in [5, 5.41) is 0. The van der Waals surface area contributed by atoms with Gasteiger partial charge in [0.15, 0.2) is 0 Å². The van der Waals surface area contributed by atoms with E-state index < -0.39 is 0 Å². The number of hydrogen-bond donors (Lipinski definition) is 0. The van der Waals surface area contributed by atoms with Crippen LogP contribution in [0.2, 0.25) is 0 Å². The van der Waals surface area contributed by atoms with Crippen molar-refractivity contribution in [3.63, 3.8) is 0 Å². The fourth-order valence-corrected chi connectivity index (χ4v) is 2.94. The summed E-state index contributed by atoms with van der Waals surface area (Å²) in [5.41, 5.74) is 0. The maximum Gasteiger partial charge on any atom is 1.00 e. The second-order valence-electron chi connectivity index (χ2n) is 5.61. The van der Waals surface area contributed by atoms with Gasteiger partial charge in [0.1, 0.15) is 0 Å². The summed E-state index contributed by atoms with van der Waals surface area (Å²) < 4.78 is 0. The maximum atomic E-state index is 2.54. The fraction of sp³-hybridized carbons (Fsp3) is 0.800. The van der Waals surface area contributed by atoms with Gasteiger partial charge in [-0.3, -0.25) is 0 Å². The Morgan fingerprint density at radius 3 is 1.88 bits per heavy atom. The van der Waals surface area contributed by atoms with E-state index in [0.717, 1.165) is 17.8 Å². The van der Waals surface area contributed by atoms with Crippen molar-refractivity contribution in [1.29, 1.82) is 0 Å². The molecule has 0 atom stereocenters. The van der Waals surface area contributed by atoms with Gasteiger partial charge in [-0.05, 0) is 30.6 Å². The normalized spacial score (nSPS) is 32.6. The Balaban J connectivity index is 0.00000128. The first-order valence-electron chi connectivity index (χ1n) is 6.84. The van der Waals surface area contributed by atoms with E-state index in [1.54, 1.807) is 0 Å². The van der Waals surface area contributed by atoms with Gasteiger partial charge in [-0.25, -0.2) is 0 Å². The average Bonchev–Trinajstić information content (AvgIpc) is 2.30. The van der Waals surface area contributed by atoms with Crippen LogP contribution in [-0.4, -0.2) is 0 Å². The molecule has 0 amide bonds. The van der Waals surface area contributed by atoms with Crippen LogP contribution < -0.4 is 58.2 Å². The van der Waals surface area contributed by atoms with Crippen molar-refractivity contribution < 1.29 is 58.2 Å². The molecule has 2 saturated carbocycles. The van der Waals surface area contributed by atoms with Crippen molar-refractivity contribution in [2.45, 2.75) is 58.3 Å². The molecule has 0 aliphatic heterocycles. The molecule has 0 aromatic heterocycles. The van der Waals surface area contributed by atoms with Gasteiger partial charge in [-0.1, -0.05) is 44.8 Å². The van der Waals surface area contributed by atoms with Crippen molar-refractivity contribution >= 4 is 0 Å². The van der Waals surface area contributed by atoms with Gasteiger partial charge in [0.25, 0.3) is 0 Å². The molecule has 0 bridgehead atoms. The van der Waals surface area contributed by atoms with Crippen LogP contribution in [-0.2, 0) is 0 Å². The average molecular weight is 291 g/mol. The van der Waals surface area contributed by atoms with Crippen LogP contribution in [0.4, 0.5) is 0 Å². The van der Waals surface area contributed by atoms with Gasteiger partial charge >= 0.3 is 58.2 Å². The van der Waals surface area contributed by atoms with Gasteiger partial charge in [-0.15, -0.1) is 0 Å². The second kappa shape index (κ2) is 8.61. The molecular weight excluding hydrogens is 266 g/mol. The summed E-state index contributed by atoms with van der Waals surface area (Å²) >= 11 is 0. The van der Waals surface area contributed by atoms with Crippen LogP contribution in [0, 0.1) is 24.2 Å². The van der Waals surface area contributed by atoms with Crippen molar-refractivity contribution in [3.05, 3.63) is 18.6 Å². The van der Waals surface area contributed by atoms with Crippen LogP contribution in [0.1, 0.15) is 58.3 Å². The van der Waals surface area contributed by atoms with Gasteiger partial charge in [0.2, 0.25) is 0 Å². The third-order valence-corrected chi connectivity index (χ3v) is 4.20. The van der Waals surface area contributed by atoms with E-state index in [1.165, 1.54) is 51.4 Å². The molecule has 0 N–H and O–H groups in total. The van der Waals surface area contributed by atoms with E-state index in [9.17, 15) is 0 Å². The summed E-state index contributed by atoms with van der Waals surface area (Å²) in [5.74, 6) is 2.79. The fourth-order valence-electron chi connectivity index (χ4n) is 2.94. The molecule has 2 rings (SSSR count). The third-order valence-electron chi connectivity index (χ3n) is 4.20. The Hall–Kier alpha value is 1.55. The van der Waals surface area contributed by atoms with E-state index in [2.05, 4.69) is 25.5 Å². The first-order chi connectivity index (χ1) is 7.34. The standard InChI is InChI=1S/C15H25.Rb/c1-13-7-9-15(10-8-13)12-11-14-5-3-2-4-6-14;/h2,11-15H,3-10H2,1H3;/q-1;+1/b12-11+;. The van der Waals surface area contributed by atoms with Crippen LogP contribution in [0.25, 0.3) is 0 Å². The van der Waals surface area contributed by atoms with Gasteiger partial charge in [-0.2, -0.15) is 12.8 Å². The third kappa shape index (κ3) is 5.46. The first-order valence-corrected chi connectivity index (χ1v) is 6.84. The van der Waals surface area contributed by atoms with E-state index >= 15 is 0 Å². The Labute approximate surface area is 150 Å². The molecule has 2 aliphatic rings. The van der Waals surface area contributed by atoms with E-state index in [-0.39, 0.29) is 58.2 Å². The smallest absolute Gasteiger partial charge is 0.328 e. The summed E-state index contributed by atoms with van der Waals surface area (Å²) in [6.07, 6.45) is 18.8. The minimum atomic E-state index is 0. The van der Waals surface area contributed by atoms with E-state index in [1.807, 2.05) is 0 Å². The molecule has 0 aromatic rings. The number of allylic oxidation sites excluding steroid dienone is 2. The van der Waals surface area contributed by atoms with Crippen LogP contribution in [0.3, 0.4) is 0 Å². The zero-order valence-corrected chi connectivity index (χ0v) is 16.0. The molecule has 0 saturated heterocycles. The molecule has 0 unspecified atom stereocenters. The topological polar surface area (TPSA) is 0 Å². The molecule has 0 heterocycles. The van der Waals surface area contributed by atoms with Gasteiger partial charge in [0.05, 0.1) is 0 Å². The Kier molecular flexibility index (Phi) is 8.40. The minimum Gasteiger partial charge on any atom is -0.328 e. The molecule has 16 heavy (non-hydrogen) atoms. The molecule has 0 radical (unpaired) electrons. The molecule has 0 spiro atoms. The monoisotopic (exact) mass is 290 g/mol. The van der Waals surface area contributed by atoms with Crippen molar-refractivity contribution in [3.8, 4) is 0 Å². The quantitative estimate of drug-likeness (QED) is 0.537. The second-order valence-corrected chi connectivity index (χ2v) is 5.61. The Bertz CT molecular complexity index is 195. The minimum absolute atomic E-state index is 0. The van der Waals surface area contributed by atoms with Crippen LogP contribution >= 0.6 is 0 Å². The number of hydrogen-bond acceptors (Lipinski definition) is 0. The van der Waals surface area contributed by atoms with Crippen molar-refractivity contribution in [2.24, 2.45) is 17.8 Å². The van der Waals surface area contributed by atoms with E-state index in [0.29, 0.717) is 0 Å². The van der Waals surface area contributed by atoms with Crippen molar-refractivity contribution in [1.82, 2.24) is 0 Å². The Morgan fingerprint density at radius 2 is 1.31 bits per heavy atom. The predicted octanol–water partition coefficient (Wildman–Crippen LogP) is 1.77. The van der Waals surface area contributed by atoms with Crippen LogP contribution in [0.5, 0.6) is 0 Å². The molecule has 2 aliphatic carbocycles. The zero-order valence-electron chi connectivity index (χ0n) is 11.1. The molecule has 86 valence electrons. The summed E-state index contributed by atoms with van der Waals surface area (Å²) in [7, 11) is 0. The summed E-state index contributed by atoms with van der Waals surface area (Å²) in [4.78, 5) is 0. The summed E-state index contributed by atoms with van der Waals surface area (Å²) in [6.45, 7) is 2.40. The predicted molar refractivity (Wildman–Crippen MR) is 66.5 cm³/mol. The van der Waals surface area contributed by atoms with Gasteiger partial charge in [0, 0.05) is 0 Å². The molecule has 0 nitrogen and oxygen atoms in total. The maximum absolute atomic E-state index is 2.54. The zero-order chi connectivity index (χ0) is 10.5. The Morgan fingerprint density at radius 1 is 0.812 bits per heavy atom. The van der Waals surface area contributed by atoms with Crippen molar-refractivity contribution in [2.75, 3.05) is 0 Å². The van der Waals surface area contributed by atoms with E-state index in [4.69, 9.17) is 0 Å². The SMILES string of the molecule is CC1CCC(/C=C/C2CC[CH-]CC2)CC1.[Rb+]. The number of rotatable bonds is 2. The molecular formula is C15H25Rb. The first kappa shape index (κ1) is 15.6. The van der Waals surface area contributed by atoms with Crippen LogP contribution in [0.15, 0.2) is 12.2 Å². The molecule has 1 heteroatoms. The summed E-state index contributed by atoms with van der Waals surface area (Å²) in [6, 6.07) is 0.